The van der Waals surface area contributed by atoms with Crippen molar-refractivity contribution in [1.82, 2.24) is 14.9 Å². The van der Waals surface area contributed by atoms with E-state index in [0.29, 0.717) is 42.1 Å². The number of ether oxygens (including phenoxy) is 1. The molecule has 210 valence electrons. The third-order valence-corrected chi connectivity index (χ3v) is 8.95. The second-order valence-electron chi connectivity index (χ2n) is 11.5. The number of hydrogen-bond donors (Lipinski definition) is 2. The summed E-state index contributed by atoms with van der Waals surface area (Å²) in [5, 5.41) is 14.1. The van der Waals surface area contributed by atoms with Crippen LogP contribution in [0.5, 0.6) is 11.5 Å². The van der Waals surface area contributed by atoms with Crippen molar-refractivity contribution in [1.29, 1.82) is 0 Å². The number of benzene rings is 2. The van der Waals surface area contributed by atoms with E-state index < -0.39 is 11.4 Å². The molecule has 2 aromatic carbocycles. The fraction of sp³-hybridized carbons (Fsp3) is 0.452. The number of rotatable bonds is 8. The predicted octanol–water partition coefficient (Wildman–Crippen LogP) is 5.01. The topological polar surface area (TPSA) is 90.8 Å². The Morgan fingerprint density at radius 1 is 1.10 bits per heavy atom. The molecular weight excluding hydrogens is 509 g/mol. The molecule has 2 saturated heterocycles. The molecule has 1 spiro atoms. The van der Waals surface area contributed by atoms with Gasteiger partial charge in [0.2, 0.25) is 5.91 Å². The summed E-state index contributed by atoms with van der Waals surface area (Å²) in [5.41, 5.74) is 2.64. The van der Waals surface area contributed by atoms with Crippen molar-refractivity contribution >= 4 is 17.4 Å². The largest absolute Gasteiger partial charge is 0.451 e. The highest BCUT2D eigenvalue weighted by Crippen LogP contribution is 2.44. The lowest BCUT2D eigenvalue weighted by Gasteiger charge is -2.29. The van der Waals surface area contributed by atoms with Gasteiger partial charge in [-0.1, -0.05) is 26.0 Å². The van der Waals surface area contributed by atoms with Gasteiger partial charge in [-0.3, -0.25) is 9.69 Å². The second kappa shape index (κ2) is 10.4. The lowest BCUT2D eigenvalue weighted by atomic mass is 9.86. The number of hydrogen-bond acceptors (Lipinski definition) is 7. The van der Waals surface area contributed by atoms with Crippen LogP contribution < -0.4 is 15.0 Å². The van der Waals surface area contributed by atoms with Crippen molar-refractivity contribution < 1.29 is 19.0 Å². The SMILES string of the molecule is CCC(O)(CC)c1cc(F)ccc1Oc1cncnc1N1CCC2(CCN(Cc3ccc4c(c3)NC(=O)C4)C2)C1. The summed E-state index contributed by atoms with van der Waals surface area (Å²) in [6.45, 7) is 8.36. The standard InChI is InChI=1S/C31H36FN5O3/c1-3-31(39,4-2)24-15-23(32)7-8-26(24)40-27-16-33-20-34-29(27)37-12-10-30(19-37)9-11-36(18-30)17-21-5-6-22-14-28(38)35-25(22)13-21/h5-8,13,15-16,20,39H,3-4,9-12,14,17-19H2,1-2H3,(H,35,38). The molecule has 0 radical (unpaired) electrons. The summed E-state index contributed by atoms with van der Waals surface area (Å²) in [4.78, 5) is 25.3. The summed E-state index contributed by atoms with van der Waals surface area (Å²) in [5.74, 6) is 1.27. The highest BCUT2D eigenvalue weighted by Gasteiger charge is 2.44. The molecule has 3 aromatic rings. The third-order valence-electron chi connectivity index (χ3n) is 8.95. The Labute approximate surface area is 234 Å². The van der Waals surface area contributed by atoms with Gasteiger partial charge in [-0.05, 0) is 67.6 Å². The second-order valence-corrected chi connectivity index (χ2v) is 11.5. The van der Waals surface area contributed by atoms with Crippen molar-refractivity contribution in [3.8, 4) is 11.5 Å². The minimum Gasteiger partial charge on any atom is -0.451 e. The Balaban J connectivity index is 1.17. The van der Waals surface area contributed by atoms with Crippen LogP contribution in [0, 0.1) is 11.2 Å². The number of fused-ring (bicyclic) bond motifs is 1. The lowest BCUT2D eigenvalue weighted by molar-refractivity contribution is -0.115. The molecule has 8 nitrogen and oxygen atoms in total. The maximum atomic E-state index is 14.2. The highest BCUT2D eigenvalue weighted by atomic mass is 19.1. The molecular formula is C31H36FN5O3. The van der Waals surface area contributed by atoms with Gasteiger partial charge in [-0.15, -0.1) is 0 Å². The molecule has 1 unspecified atom stereocenters. The van der Waals surface area contributed by atoms with Crippen LogP contribution in [0.1, 0.15) is 56.2 Å². The van der Waals surface area contributed by atoms with Crippen molar-refractivity contribution in [2.45, 2.75) is 58.1 Å². The van der Waals surface area contributed by atoms with Crippen LogP contribution in [0.25, 0.3) is 0 Å². The van der Waals surface area contributed by atoms with Gasteiger partial charge in [-0.25, -0.2) is 14.4 Å². The quantitative estimate of drug-likeness (QED) is 0.411. The number of carbonyl (C=O) groups excluding carboxylic acids is 1. The molecule has 1 amide bonds. The Kier molecular flexibility index (Phi) is 6.96. The zero-order valence-corrected chi connectivity index (χ0v) is 23.1. The van der Waals surface area contributed by atoms with Crippen molar-refractivity contribution in [2.75, 3.05) is 36.4 Å². The smallest absolute Gasteiger partial charge is 0.228 e. The number of aromatic nitrogens is 2. The van der Waals surface area contributed by atoms with Crippen LogP contribution in [-0.2, 0) is 23.4 Å². The van der Waals surface area contributed by atoms with Gasteiger partial charge in [0.05, 0.1) is 18.2 Å². The fourth-order valence-electron chi connectivity index (χ4n) is 6.55. The van der Waals surface area contributed by atoms with Gasteiger partial charge in [0.1, 0.15) is 17.9 Å². The molecule has 0 bridgehead atoms. The van der Waals surface area contributed by atoms with Crippen LogP contribution >= 0.6 is 0 Å². The maximum absolute atomic E-state index is 14.2. The van der Waals surface area contributed by atoms with Crippen molar-refractivity contribution in [2.24, 2.45) is 5.41 Å². The number of carbonyl (C=O) groups is 1. The van der Waals surface area contributed by atoms with Gasteiger partial charge in [0.25, 0.3) is 0 Å². The van der Waals surface area contributed by atoms with Crippen LogP contribution in [0.15, 0.2) is 48.9 Å². The van der Waals surface area contributed by atoms with Gasteiger partial charge < -0.3 is 20.1 Å². The molecule has 2 fully saturated rings. The van der Waals surface area contributed by atoms with E-state index in [2.05, 4.69) is 43.3 Å². The van der Waals surface area contributed by atoms with Crippen LogP contribution in [0.3, 0.4) is 0 Å². The van der Waals surface area contributed by atoms with E-state index in [-0.39, 0.29) is 11.3 Å². The van der Waals surface area contributed by atoms with Crippen LogP contribution in [0.2, 0.25) is 0 Å². The average molecular weight is 546 g/mol. The molecule has 3 aliphatic heterocycles. The first-order valence-electron chi connectivity index (χ1n) is 14.2. The summed E-state index contributed by atoms with van der Waals surface area (Å²) < 4.78 is 20.5. The minimum atomic E-state index is -1.19. The minimum absolute atomic E-state index is 0.0634. The van der Waals surface area contributed by atoms with Crippen molar-refractivity contribution in [3.05, 3.63) is 71.4 Å². The number of nitrogens with one attached hydrogen (secondary N) is 1. The average Bonchev–Trinajstić information content (AvgIpc) is 3.67. The number of aliphatic hydroxyl groups is 1. The summed E-state index contributed by atoms with van der Waals surface area (Å²) in [7, 11) is 0. The molecule has 1 atom stereocenters. The zero-order valence-electron chi connectivity index (χ0n) is 23.1. The Bertz CT molecular complexity index is 1430. The van der Waals surface area contributed by atoms with Gasteiger partial charge in [0, 0.05) is 42.8 Å². The van der Waals surface area contributed by atoms with E-state index in [0.717, 1.165) is 56.8 Å². The first kappa shape index (κ1) is 26.7. The van der Waals surface area contributed by atoms with E-state index in [1.165, 1.54) is 24.0 Å². The molecule has 6 rings (SSSR count). The van der Waals surface area contributed by atoms with E-state index >= 15 is 0 Å². The fourth-order valence-corrected chi connectivity index (χ4v) is 6.55. The van der Waals surface area contributed by atoms with Gasteiger partial charge in [-0.2, -0.15) is 0 Å². The summed E-state index contributed by atoms with van der Waals surface area (Å²) in [6.07, 6.45) is 6.67. The molecule has 9 heteroatoms. The third kappa shape index (κ3) is 5.04. The Morgan fingerprint density at radius 3 is 2.75 bits per heavy atom. The summed E-state index contributed by atoms with van der Waals surface area (Å²) >= 11 is 0. The van der Waals surface area contributed by atoms with Gasteiger partial charge in [0.15, 0.2) is 11.6 Å². The van der Waals surface area contributed by atoms with Crippen molar-refractivity contribution in [3.63, 3.8) is 0 Å². The first-order valence-corrected chi connectivity index (χ1v) is 14.2. The zero-order chi connectivity index (χ0) is 27.9. The van der Waals surface area contributed by atoms with E-state index in [9.17, 15) is 14.3 Å². The number of nitrogens with zero attached hydrogens (tertiary/aromatic N) is 4. The van der Waals surface area contributed by atoms with Gasteiger partial charge >= 0.3 is 0 Å². The molecule has 0 saturated carbocycles. The maximum Gasteiger partial charge on any atom is 0.228 e. The normalized spacial score (nSPS) is 20.8. The monoisotopic (exact) mass is 545 g/mol. The highest BCUT2D eigenvalue weighted by molar-refractivity contribution is 5.99. The lowest BCUT2D eigenvalue weighted by Crippen LogP contribution is -2.31. The van der Waals surface area contributed by atoms with E-state index in [1.807, 2.05) is 13.8 Å². The molecule has 2 N–H and O–H groups in total. The number of anilines is 2. The molecule has 1 aromatic heterocycles. The van der Waals surface area contributed by atoms with Crippen LogP contribution in [-0.4, -0.2) is 52.1 Å². The first-order chi connectivity index (χ1) is 19.3. The molecule has 3 aliphatic rings. The number of likely N-dealkylation sites (tertiary alicyclic amines) is 1. The molecule has 4 heterocycles. The number of amides is 1. The summed E-state index contributed by atoms with van der Waals surface area (Å²) in [6, 6.07) is 10.6. The number of halogens is 1. The molecule has 40 heavy (non-hydrogen) atoms. The van der Waals surface area contributed by atoms with Crippen LogP contribution in [0.4, 0.5) is 15.9 Å². The predicted molar refractivity (Wildman–Crippen MR) is 151 cm³/mol. The van der Waals surface area contributed by atoms with E-state index in [1.54, 1.807) is 12.3 Å². The Morgan fingerprint density at radius 2 is 1.93 bits per heavy atom. The molecule has 0 aliphatic carbocycles. The Hall–Kier alpha value is -3.56. The van der Waals surface area contributed by atoms with E-state index in [4.69, 9.17) is 4.74 Å².